The fourth-order valence-corrected chi connectivity index (χ4v) is 4.62. The van der Waals surface area contributed by atoms with Crippen LogP contribution in [0.5, 0.6) is 5.75 Å². The third kappa shape index (κ3) is 4.28. The second-order valence-electron chi connectivity index (χ2n) is 8.53. The maximum atomic E-state index is 12.5. The van der Waals surface area contributed by atoms with E-state index in [2.05, 4.69) is 42.2 Å². The van der Waals surface area contributed by atoms with E-state index in [4.69, 9.17) is 9.47 Å². The Balaban J connectivity index is 1.21. The first kappa shape index (κ1) is 20.0. The lowest BCUT2D eigenvalue weighted by atomic mass is 9.98. The molecule has 31 heavy (non-hydrogen) atoms. The molecule has 1 aromatic heterocycles. The number of rotatable bonds is 4. The van der Waals surface area contributed by atoms with Gasteiger partial charge in [0.2, 0.25) is 0 Å². The highest BCUT2D eigenvalue weighted by atomic mass is 16.5. The van der Waals surface area contributed by atoms with Crippen molar-refractivity contribution in [3.05, 3.63) is 60.3 Å². The number of pyridine rings is 1. The first-order chi connectivity index (χ1) is 15.2. The van der Waals surface area contributed by atoms with Crippen molar-refractivity contribution < 1.29 is 14.3 Å². The van der Waals surface area contributed by atoms with Crippen molar-refractivity contribution in [2.75, 3.05) is 19.7 Å². The van der Waals surface area contributed by atoms with E-state index >= 15 is 0 Å². The van der Waals surface area contributed by atoms with Gasteiger partial charge in [0, 0.05) is 44.1 Å². The van der Waals surface area contributed by atoms with Crippen molar-refractivity contribution in [3.8, 4) is 16.9 Å². The van der Waals surface area contributed by atoms with Crippen molar-refractivity contribution in [1.82, 2.24) is 9.88 Å². The molecule has 5 heteroatoms. The van der Waals surface area contributed by atoms with Crippen LogP contribution in [0.2, 0.25) is 0 Å². The molecule has 1 unspecified atom stereocenters. The summed E-state index contributed by atoms with van der Waals surface area (Å²) in [7, 11) is 0. The number of benzene rings is 2. The van der Waals surface area contributed by atoms with E-state index < -0.39 is 0 Å². The van der Waals surface area contributed by atoms with E-state index in [1.807, 2.05) is 29.3 Å². The smallest absolute Gasteiger partial charge is 0.251 e. The zero-order chi connectivity index (χ0) is 21.2. The Hall–Kier alpha value is -2.92. The Kier molecular flexibility index (Phi) is 5.60. The van der Waals surface area contributed by atoms with E-state index in [9.17, 15) is 4.79 Å². The lowest BCUT2D eigenvalue weighted by molar-refractivity contribution is -0.142. The summed E-state index contributed by atoms with van der Waals surface area (Å²) in [5.41, 5.74) is 4.60. The minimum atomic E-state index is -0.223. The van der Waals surface area contributed by atoms with Crippen LogP contribution in [0.4, 0.5) is 0 Å². The van der Waals surface area contributed by atoms with E-state index in [1.54, 1.807) is 0 Å². The summed E-state index contributed by atoms with van der Waals surface area (Å²) < 4.78 is 11.8. The average Bonchev–Trinajstić information content (AvgIpc) is 3.34. The Morgan fingerprint density at radius 1 is 1.10 bits per heavy atom. The molecule has 0 saturated carbocycles. The van der Waals surface area contributed by atoms with Gasteiger partial charge in [0.25, 0.3) is 5.91 Å². The van der Waals surface area contributed by atoms with Crippen LogP contribution < -0.4 is 4.74 Å². The van der Waals surface area contributed by atoms with Gasteiger partial charge in [-0.25, -0.2) is 0 Å². The first-order valence-corrected chi connectivity index (χ1v) is 11.2. The molecular weight excluding hydrogens is 388 g/mol. The number of fused-ring (bicyclic) bond motifs is 1. The van der Waals surface area contributed by atoms with Gasteiger partial charge in [-0.05, 0) is 66.8 Å². The number of carbonyl (C=O) groups excluding carboxylic acids is 1. The van der Waals surface area contributed by atoms with Gasteiger partial charge in [0.15, 0.2) is 0 Å². The average molecular weight is 417 g/mol. The lowest BCUT2D eigenvalue weighted by Gasteiger charge is -2.33. The fourth-order valence-electron chi connectivity index (χ4n) is 4.62. The molecule has 5 nitrogen and oxygen atoms in total. The Morgan fingerprint density at radius 3 is 2.65 bits per heavy atom. The van der Waals surface area contributed by atoms with Gasteiger partial charge >= 0.3 is 0 Å². The monoisotopic (exact) mass is 416 g/mol. The predicted molar refractivity (Wildman–Crippen MR) is 121 cm³/mol. The molecule has 2 fully saturated rings. The van der Waals surface area contributed by atoms with E-state index in [0.29, 0.717) is 6.61 Å². The highest BCUT2D eigenvalue weighted by Gasteiger charge is 2.31. The van der Waals surface area contributed by atoms with E-state index in [0.717, 1.165) is 61.0 Å². The van der Waals surface area contributed by atoms with Crippen LogP contribution in [0.1, 0.15) is 31.2 Å². The number of carbonyl (C=O) groups is 1. The molecule has 1 amide bonds. The van der Waals surface area contributed by atoms with Gasteiger partial charge in [-0.3, -0.25) is 9.78 Å². The van der Waals surface area contributed by atoms with Crippen LogP contribution in [0.25, 0.3) is 22.0 Å². The first-order valence-electron chi connectivity index (χ1n) is 11.2. The number of hydrogen-bond donors (Lipinski definition) is 0. The highest BCUT2D eigenvalue weighted by Crippen LogP contribution is 2.30. The highest BCUT2D eigenvalue weighted by molar-refractivity contribution is 5.86. The molecule has 0 radical (unpaired) electrons. The van der Waals surface area contributed by atoms with E-state index in [1.165, 1.54) is 11.1 Å². The Morgan fingerprint density at radius 2 is 1.90 bits per heavy atom. The summed E-state index contributed by atoms with van der Waals surface area (Å²) in [4.78, 5) is 18.9. The largest absolute Gasteiger partial charge is 0.490 e. The van der Waals surface area contributed by atoms with Crippen molar-refractivity contribution >= 4 is 16.8 Å². The summed E-state index contributed by atoms with van der Waals surface area (Å²) in [6.45, 7) is 4.33. The molecule has 3 heterocycles. The third-order valence-electron chi connectivity index (χ3n) is 6.38. The van der Waals surface area contributed by atoms with Gasteiger partial charge in [0.1, 0.15) is 18.0 Å². The maximum absolute atomic E-state index is 12.5. The zero-order valence-corrected chi connectivity index (χ0v) is 17.9. The molecular formula is C26H28N2O3. The number of piperidine rings is 1. The van der Waals surface area contributed by atoms with Crippen LogP contribution in [0.15, 0.2) is 54.7 Å². The summed E-state index contributed by atoms with van der Waals surface area (Å²) in [5, 5.41) is 1.16. The molecule has 5 rings (SSSR count). The molecule has 2 aliphatic rings. The van der Waals surface area contributed by atoms with Crippen molar-refractivity contribution in [2.45, 2.75) is 44.8 Å². The number of nitrogens with zero attached hydrogens (tertiary/aromatic N) is 2. The topological polar surface area (TPSA) is 51.7 Å². The van der Waals surface area contributed by atoms with Crippen LogP contribution >= 0.6 is 0 Å². The predicted octanol–water partition coefficient (Wildman–Crippen LogP) is 4.76. The third-order valence-corrected chi connectivity index (χ3v) is 6.38. The molecule has 0 spiro atoms. The van der Waals surface area contributed by atoms with Crippen molar-refractivity contribution in [3.63, 3.8) is 0 Å². The molecule has 2 aromatic carbocycles. The summed E-state index contributed by atoms with van der Waals surface area (Å²) in [5.74, 6) is 1.03. The maximum Gasteiger partial charge on any atom is 0.251 e. The van der Waals surface area contributed by atoms with Gasteiger partial charge in [-0.1, -0.05) is 18.2 Å². The molecule has 160 valence electrons. The minimum absolute atomic E-state index is 0.144. The summed E-state index contributed by atoms with van der Waals surface area (Å²) >= 11 is 0. The Bertz CT molecular complexity index is 1070. The number of aryl methyl sites for hydroxylation is 1. The number of likely N-dealkylation sites (tertiary alicyclic amines) is 1. The van der Waals surface area contributed by atoms with Crippen molar-refractivity contribution in [2.24, 2.45) is 0 Å². The standard InChI is InChI=1S/C26H28N2O3/c1-18-16-20-4-2-12-27-24(20)17-23(18)19-6-8-21(9-7-19)31-22-10-13-28(14-11-22)26(29)25-5-3-15-30-25/h2,4,6-9,12,16-17,22,25H,3,5,10-11,13-15H2,1H3. The molecule has 2 aliphatic heterocycles. The van der Waals surface area contributed by atoms with E-state index in [-0.39, 0.29) is 18.1 Å². The molecule has 2 saturated heterocycles. The van der Waals surface area contributed by atoms with Crippen LogP contribution in [0.3, 0.4) is 0 Å². The zero-order valence-electron chi connectivity index (χ0n) is 17.9. The number of amides is 1. The number of hydrogen-bond acceptors (Lipinski definition) is 4. The summed E-state index contributed by atoms with van der Waals surface area (Å²) in [6.07, 6.45) is 5.31. The van der Waals surface area contributed by atoms with Gasteiger partial charge in [-0.2, -0.15) is 0 Å². The second-order valence-corrected chi connectivity index (χ2v) is 8.53. The van der Waals surface area contributed by atoms with Gasteiger partial charge in [-0.15, -0.1) is 0 Å². The van der Waals surface area contributed by atoms with Gasteiger partial charge in [0.05, 0.1) is 5.52 Å². The van der Waals surface area contributed by atoms with Crippen LogP contribution in [-0.4, -0.2) is 47.7 Å². The minimum Gasteiger partial charge on any atom is -0.490 e. The SMILES string of the molecule is Cc1cc2cccnc2cc1-c1ccc(OC2CCN(C(=O)C3CCCO3)CC2)cc1. The van der Waals surface area contributed by atoms with Gasteiger partial charge < -0.3 is 14.4 Å². The fraction of sp³-hybridized carbons (Fsp3) is 0.385. The quantitative estimate of drug-likeness (QED) is 0.615. The molecule has 1 atom stereocenters. The molecule has 3 aromatic rings. The number of aromatic nitrogens is 1. The lowest BCUT2D eigenvalue weighted by Crippen LogP contribution is -2.45. The normalized spacial score (nSPS) is 19.6. The number of ether oxygens (including phenoxy) is 2. The molecule has 0 bridgehead atoms. The van der Waals surface area contributed by atoms with Crippen molar-refractivity contribution in [1.29, 1.82) is 0 Å². The van der Waals surface area contributed by atoms with Crippen LogP contribution in [0, 0.1) is 6.92 Å². The summed E-state index contributed by atoms with van der Waals surface area (Å²) in [6, 6.07) is 16.7. The second kappa shape index (κ2) is 8.67. The molecule has 0 N–H and O–H groups in total. The Labute approximate surface area is 183 Å². The van der Waals surface area contributed by atoms with Crippen LogP contribution in [-0.2, 0) is 9.53 Å². The molecule has 0 aliphatic carbocycles.